The molecule has 1 aliphatic carbocycles. The summed E-state index contributed by atoms with van der Waals surface area (Å²) in [5.74, 6) is -0.193. The summed E-state index contributed by atoms with van der Waals surface area (Å²) in [6.07, 6.45) is 8.92. The van der Waals surface area contributed by atoms with Crippen molar-refractivity contribution in [1.29, 1.82) is 0 Å². The molecule has 3 aromatic rings. The Morgan fingerprint density at radius 3 is 2.44 bits per heavy atom. The van der Waals surface area contributed by atoms with E-state index in [2.05, 4.69) is 10.1 Å². The van der Waals surface area contributed by atoms with Gasteiger partial charge in [0, 0.05) is 35.3 Å². The van der Waals surface area contributed by atoms with Gasteiger partial charge in [-0.15, -0.1) is 0 Å². The number of piperidine rings is 1. The lowest BCUT2D eigenvalue weighted by molar-refractivity contribution is -0.138. The molecular formula is C26H30N6O4. The van der Waals surface area contributed by atoms with E-state index in [0.29, 0.717) is 35.4 Å². The largest absolute Gasteiger partial charge is 0.387 e. The minimum absolute atomic E-state index is 0.0193. The molecule has 2 saturated heterocycles. The smallest absolute Gasteiger partial charge is 0.248 e. The number of hydrogen-bond donors (Lipinski definition) is 3. The van der Waals surface area contributed by atoms with Gasteiger partial charge in [0.15, 0.2) is 11.4 Å². The second kappa shape index (κ2) is 8.35. The fourth-order valence-corrected chi connectivity index (χ4v) is 6.38. The van der Waals surface area contributed by atoms with Crippen LogP contribution in [0.25, 0.3) is 16.8 Å². The number of aromatic nitrogens is 4. The molecule has 3 aliphatic rings. The van der Waals surface area contributed by atoms with Crippen molar-refractivity contribution >= 4 is 23.2 Å². The first kappa shape index (κ1) is 23.1. The molecular weight excluding hydrogens is 460 g/mol. The van der Waals surface area contributed by atoms with E-state index in [4.69, 9.17) is 10.7 Å². The Hall–Kier alpha value is -3.37. The van der Waals surface area contributed by atoms with E-state index in [1.807, 2.05) is 17.0 Å². The molecule has 2 aliphatic heterocycles. The summed E-state index contributed by atoms with van der Waals surface area (Å²) < 4.78 is 1.50. The third kappa shape index (κ3) is 3.42. The molecule has 188 valence electrons. The van der Waals surface area contributed by atoms with Crippen molar-refractivity contribution in [2.75, 3.05) is 12.3 Å². The third-order valence-electron chi connectivity index (χ3n) is 8.34. The van der Waals surface area contributed by atoms with Crippen LogP contribution in [0.3, 0.4) is 0 Å². The van der Waals surface area contributed by atoms with Crippen LogP contribution in [0.2, 0.25) is 0 Å². The average molecular weight is 491 g/mol. The van der Waals surface area contributed by atoms with Gasteiger partial charge in [0.2, 0.25) is 5.91 Å². The Morgan fingerprint density at radius 2 is 1.89 bits per heavy atom. The average Bonchev–Trinajstić information content (AvgIpc) is 3.40. The number of nitrogen functional groups attached to an aromatic ring is 1. The molecule has 36 heavy (non-hydrogen) atoms. The zero-order valence-electron chi connectivity index (χ0n) is 20.2. The van der Waals surface area contributed by atoms with E-state index < -0.39 is 12.2 Å². The maximum atomic E-state index is 12.7. The number of amides is 1. The van der Waals surface area contributed by atoms with Crippen LogP contribution >= 0.6 is 0 Å². The second-order valence-electron chi connectivity index (χ2n) is 10.4. The molecule has 1 amide bonds. The van der Waals surface area contributed by atoms with Crippen LogP contribution in [0.5, 0.6) is 0 Å². The maximum absolute atomic E-state index is 12.7. The zero-order chi connectivity index (χ0) is 25.2. The Morgan fingerprint density at radius 1 is 1.17 bits per heavy atom. The number of nitrogens with zero attached hydrogens (tertiary/aromatic N) is 5. The number of pyridine rings is 1. The van der Waals surface area contributed by atoms with Crippen molar-refractivity contribution in [3.63, 3.8) is 0 Å². The summed E-state index contributed by atoms with van der Waals surface area (Å²) in [5, 5.41) is 24.4. The van der Waals surface area contributed by atoms with Crippen molar-refractivity contribution in [3.8, 4) is 11.1 Å². The number of aliphatic hydroxyl groups is 2. The lowest BCUT2D eigenvalue weighted by Crippen LogP contribution is -2.47. The Balaban J connectivity index is 1.41. The Labute approximate surface area is 208 Å². The summed E-state index contributed by atoms with van der Waals surface area (Å²) in [5.41, 5.74) is 9.45. The first-order chi connectivity index (χ1) is 17.3. The molecule has 10 heteroatoms. The number of hydrogen-bond acceptors (Lipinski definition) is 8. The number of nitrogens with two attached hydrogens (primary N) is 1. The van der Waals surface area contributed by atoms with Crippen LogP contribution in [0.15, 0.2) is 24.5 Å². The van der Waals surface area contributed by atoms with E-state index in [-0.39, 0.29) is 35.5 Å². The molecule has 0 aromatic carbocycles. The molecule has 1 saturated carbocycles. The van der Waals surface area contributed by atoms with Gasteiger partial charge in [-0.1, -0.05) is 6.07 Å². The molecule has 10 nitrogen and oxygen atoms in total. The highest BCUT2D eigenvalue weighted by molar-refractivity contribution is 6.00. The molecule has 5 heterocycles. The number of ketones is 1. The fraction of sp³-hybridized carbons (Fsp3) is 0.500. The van der Waals surface area contributed by atoms with Crippen LogP contribution in [0.1, 0.15) is 79.5 Å². The molecule has 0 spiro atoms. The van der Waals surface area contributed by atoms with E-state index in [0.717, 1.165) is 43.2 Å². The first-order valence-electron chi connectivity index (χ1n) is 12.6. The minimum atomic E-state index is -0.836. The molecule has 3 aromatic heterocycles. The highest BCUT2D eigenvalue weighted by Crippen LogP contribution is 2.45. The van der Waals surface area contributed by atoms with Crippen molar-refractivity contribution in [2.45, 2.75) is 75.5 Å². The highest BCUT2D eigenvalue weighted by Gasteiger charge is 2.44. The molecule has 0 radical (unpaired) electrons. The number of anilines is 1. The van der Waals surface area contributed by atoms with Crippen LogP contribution in [0, 0.1) is 0 Å². The van der Waals surface area contributed by atoms with Gasteiger partial charge in [0.05, 0.1) is 23.1 Å². The maximum Gasteiger partial charge on any atom is 0.248 e. The predicted octanol–water partition coefficient (Wildman–Crippen LogP) is 2.18. The predicted molar refractivity (Wildman–Crippen MR) is 131 cm³/mol. The Kier molecular flexibility index (Phi) is 5.34. The zero-order valence-corrected chi connectivity index (χ0v) is 20.2. The molecule has 3 atom stereocenters. The molecule has 6 rings (SSSR count). The van der Waals surface area contributed by atoms with Gasteiger partial charge in [0.25, 0.3) is 0 Å². The monoisotopic (exact) mass is 490 g/mol. The van der Waals surface area contributed by atoms with Gasteiger partial charge in [-0.05, 0) is 57.9 Å². The SMILES string of the molecule is CC(=O)c1c([C@H]2C[C@H]3CC[C@@H](C2)N3C(=O)CO)nc2c(-c3ccc(C4(O)CCC4)nc3)cnn2c1N. The number of fused-ring (bicyclic) bond motifs is 3. The van der Waals surface area contributed by atoms with Gasteiger partial charge >= 0.3 is 0 Å². The lowest BCUT2D eigenvalue weighted by atomic mass is 9.77. The minimum Gasteiger partial charge on any atom is -0.387 e. The molecule has 0 unspecified atom stereocenters. The van der Waals surface area contributed by atoms with Gasteiger partial charge in [-0.25, -0.2) is 4.98 Å². The van der Waals surface area contributed by atoms with Crippen molar-refractivity contribution in [1.82, 2.24) is 24.5 Å². The topological polar surface area (TPSA) is 147 Å². The van der Waals surface area contributed by atoms with Gasteiger partial charge < -0.3 is 20.8 Å². The first-order valence-corrected chi connectivity index (χ1v) is 12.6. The van der Waals surface area contributed by atoms with Crippen LogP contribution in [0.4, 0.5) is 5.82 Å². The normalized spacial score (nSPS) is 24.6. The number of rotatable bonds is 5. The number of aliphatic hydroxyl groups excluding tert-OH is 1. The van der Waals surface area contributed by atoms with Gasteiger partial charge in [-0.3, -0.25) is 14.6 Å². The number of carbonyl (C=O) groups excluding carboxylic acids is 2. The second-order valence-corrected chi connectivity index (χ2v) is 10.4. The van der Waals surface area contributed by atoms with E-state index in [1.165, 1.54) is 11.4 Å². The summed E-state index contributed by atoms with van der Waals surface area (Å²) in [6, 6.07) is 3.79. The fourth-order valence-electron chi connectivity index (χ4n) is 6.38. The lowest BCUT2D eigenvalue weighted by Gasteiger charge is -2.39. The molecule has 4 N–H and O–H groups in total. The van der Waals surface area contributed by atoms with Crippen molar-refractivity contribution < 1.29 is 19.8 Å². The van der Waals surface area contributed by atoms with Crippen molar-refractivity contribution in [3.05, 3.63) is 41.5 Å². The van der Waals surface area contributed by atoms with E-state index in [9.17, 15) is 19.8 Å². The van der Waals surface area contributed by atoms with E-state index >= 15 is 0 Å². The third-order valence-corrected chi connectivity index (χ3v) is 8.34. The number of Topliss-reactive ketones (excluding diaryl/α,β-unsaturated/α-hetero) is 1. The van der Waals surface area contributed by atoms with Crippen LogP contribution in [-0.2, 0) is 10.4 Å². The van der Waals surface area contributed by atoms with Crippen LogP contribution in [-0.4, -0.2) is 65.1 Å². The molecule has 3 fully saturated rings. The Bertz CT molecular complexity index is 1350. The van der Waals surface area contributed by atoms with Crippen molar-refractivity contribution in [2.24, 2.45) is 0 Å². The van der Waals surface area contributed by atoms with E-state index in [1.54, 1.807) is 12.4 Å². The summed E-state index contributed by atoms with van der Waals surface area (Å²) in [6.45, 7) is 0.997. The number of carbonyl (C=O) groups is 2. The summed E-state index contributed by atoms with van der Waals surface area (Å²) in [4.78, 5) is 36.3. The summed E-state index contributed by atoms with van der Waals surface area (Å²) in [7, 11) is 0. The standard InChI is InChI=1S/C26H30N6O4/c1-14(34)22-23(16-9-17-4-5-18(10-16)31(17)21(35)13-33)30-25-19(12-29-32(25)24(22)27)15-3-6-20(28-11-15)26(36)7-2-8-26/h3,6,11-12,16-18,33,36H,2,4-5,7-10,13,27H2,1H3/t16-,17+,18-. The molecule has 2 bridgehead atoms. The quantitative estimate of drug-likeness (QED) is 0.461. The van der Waals surface area contributed by atoms with Crippen LogP contribution < -0.4 is 5.73 Å². The highest BCUT2D eigenvalue weighted by atomic mass is 16.3. The van der Waals surface area contributed by atoms with Gasteiger partial charge in [0.1, 0.15) is 18.0 Å². The summed E-state index contributed by atoms with van der Waals surface area (Å²) >= 11 is 0. The van der Waals surface area contributed by atoms with Gasteiger partial charge in [-0.2, -0.15) is 9.61 Å².